The summed E-state index contributed by atoms with van der Waals surface area (Å²) in [6.07, 6.45) is 13.2. The van der Waals surface area contributed by atoms with Gasteiger partial charge in [-0.15, -0.1) is 0 Å². The summed E-state index contributed by atoms with van der Waals surface area (Å²) in [7, 11) is -8.54. The van der Waals surface area contributed by atoms with E-state index in [-0.39, 0.29) is 54.6 Å². The molecule has 0 amide bonds. The van der Waals surface area contributed by atoms with Gasteiger partial charge in [-0.1, -0.05) is 59.7 Å². The Labute approximate surface area is 357 Å². The first-order chi connectivity index (χ1) is 25.9. The van der Waals surface area contributed by atoms with E-state index >= 15 is 0 Å². The van der Waals surface area contributed by atoms with Gasteiger partial charge in [0.25, 0.3) is 0 Å². The summed E-state index contributed by atoms with van der Waals surface area (Å²) in [5, 5.41) is 15.5. The van der Waals surface area contributed by atoms with E-state index in [2.05, 4.69) is 40.3 Å². The van der Waals surface area contributed by atoms with Gasteiger partial charge in [0.05, 0.1) is 57.4 Å². The van der Waals surface area contributed by atoms with Gasteiger partial charge in [-0.05, 0) is 86.6 Å². The second-order valence-electron chi connectivity index (χ2n) is 10.5. The van der Waals surface area contributed by atoms with E-state index in [4.69, 9.17) is 0 Å². The SMILES string of the molecule is C(=N\N=C\c1ccccn1)/c1ccccn1.C(=N\N=C\c1ccccn1)/c1ccccn1.Cc1ccc(S(=O)(=O)[O-])cc1.Cc1ccc(S(=O)(=O)[O-])cc1.[Ag+].[Ag+]. The third-order valence-corrected chi connectivity index (χ3v) is 7.96. The van der Waals surface area contributed by atoms with Crippen LogP contribution in [0.5, 0.6) is 0 Å². The Morgan fingerprint density at radius 1 is 0.411 bits per heavy atom. The smallest absolute Gasteiger partial charge is 0.744 e. The molecule has 4 aromatic heterocycles. The third-order valence-electron chi connectivity index (χ3n) is 6.26. The zero-order valence-corrected chi connectivity index (χ0v) is 34.2. The van der Waals surface area contributed by atoms with Crippen LogP contribution in [0.3, 0.4) is 0 Å². The van der Waals surface area contributed by atoms with Crippen molar-refractivity contribution >= 4 is 45.1 Å². The molecule has 56 heavy (non-hydrogen) atoms. The van der Waals surface area contributed by atoms with Gasteiger partial charge in [0, 0.05) is 24.8 Å². The molecule has 0 atom stereocenters. The first-order valence-corrected chi connectivity index (χ1v) is 18.5. The maximum Gasteiger partial charge on any atom is 1.00 e. The number of aromatic nitrogens is 4. The Hall–Kier alpha value is -4.98. The molecule has 6 rings (SSSR count). The van der Waals surface area contributed by atoms with Crippen molar-refractivity contribution in [2.75, 3.05) is 0 Å². The van der Waals surface area contributed by atoms with Crippen LogP contribution in [0.25, 0.3) is 0 Å². The summed E-state index contributed by atoms with van der Waals surface area (Å²) in [4.78, 5) is 16.0. The normalized spacial score (nSPS) is 10.9. The molecule has 0 spiro atoms. The summed E-state index contributed by atoms with van der Waals surface area (Å²) < 4.78 is 62.3. The van der Waals surface area contributed by atoms with Crippen LogP contribution >= 0.6 is 0 Å². The van der Waals surface area contributed by atoms with Crippen LogP contribution in [0.15, 0.2) is 176 Å². The van der Waals surface area contributed by atoms with Crippen molar-refractivity contribution in [2.45, 2.75) is 23.6 Å². The minimum Gasteiger partial charge on any atom is -0.744 e. The largest absolute Gasteiger partial charge is 1.00 e. The fourth-order valence-corrected chi connectivity index (χ4v) is 4.53. The van der Waals surface area contributed by atoms with Gasteiger partial charge in [-0.25, -0.2) is 16.8 Å². The molecule has 2 aromatic carbocycles. The van der Waals surface area contributed by atoms with Crippen molar-refractivity contribution in [3.63, 3.8) is 0 Å². The number of pyridine rings is 4. The average molecular weight is 979 g/mol. The minimum atomic E-state index is -4.27. The zero-order valence-electron chi connectivity index (χ0n) is 29.6. The van der Waals surface area contributed by atoms with E-state index in [0.29, 0.717) is 0 Å². The fourth-order valence-electron chi connectivity index (χ4n) is 3.59. The molecule has 0 N–H and O–H groups in total. The number of nitrogens with zero attached hydrogens (tertiary/aromatic N) is 8. The van der Waals surface area contributed by atoms with Gasteiger partial charge < -0.3 is 9.11 Å². The van der Waals surface area contributed by atoms with Gasteiger partial charge >= 0.3 is 44.8 Å². The van der Waals surface area contributed by atoms with Crippen LogP contribution in [0.2, 0.25) is 0 Å². The first kappa shape index (κ1) is 49.0. The van der Waals surface area contributed by atoms with E-state index in [9.17, 15) is 25.9 Å². The van der Waals surface area contributed by atoms with Crippen LogP contribution < -0.4 is 0 Å². The average Bonchev–Trinajstić information content (AvgIpc) is 3.17. The minimum absolute atomic E-state index is 0. The van der Waals surface area contributed by atoms with E-state index in [1.807, 2.05) is 86.6 Å². The van der Waals surface area contributed by atoms with Crippen molar-refractivity contribution in [3.8, 4) is 0 Å². The van der Waals surface area contributed by atoms with Gasteiger partial charge in [-0.3, -0.25) is 19.9 Å². The van der Waals surface area contributed by atoms with Crippen molar-refractivity contribution < 1.29 is 70.7 Å². The van der Waals surface area contributed by atoms with Crippen LogP contribution in [0.1, 0.15) is 33.9 Å². The Balaban J connectivity index is 0.000000375. The second-order valence-corrected chi connectivity index (χ2v) is 13.3. The van der Waals surface area contributed by atoms with E-state index < -0.39 is 20.2 Å². The number of aryl methyl sites for hydroxylation is 2. The molecule has 14 nitrogen and oxygen atoms in total. The predicted molar refractivity (Wildman–Crippen MR) is 206 cm³/mol. The van der Waals surface area contributed by atoms with E-state index in [1.54, 1.807) is 73.9 Å². The molecular formula is C38H34Ag2N8O6S2. The van der Waals surface area contributed by atoms with Crippen molar-refractivity contribution in [3.05, 3.63) is 180 Å². The van der Waals surface area contributed by atoms with Crippen LogP contribution in [-0.4, -0.2) is 70.7 Å². The molecule has 0 fully saturated rings. The number of hydrogen-bond acceptors (Lipinski definition) is 14. The molecular weight excluding hydrogens is 944 g/mol. The molecule has 0 saturated carbocycles. The Morgan fingerprint density at radius 2 is 0.643 bits per heavy atom. The van der Waals surface area contributed by atoms with Gasteiger partial charge in [0.2, 0.25) is 0 Å². The fraction of sp³-hybridized carbons (Fsp3) is 0.0526. The molecule has 0 bridgehead atoms. The van der Waals surface area contributed by atoms with Crippen LogP contribution in [0, 0.1) is 13.8 Å². The summed E-state index contributed by atoms with van der Waals surface area (Å²) in [6.45, 7) is 3.64. The summed E-state index contributed by atoms with van der Waals surface area (Å²) in [5.74, 6) is 0. The van der Waals surface area contributed by atoms with Crippen LogP contribution in [-0.2, 0) is 65.0 Å². The number of rotatable bonds is 8. The molecule has 296 valence electrons. The third kappa shape index (κ3) is 21.2. The number of hydrogen-bond donors (Lipinski definition) is 0. The maximum atomic E-state index is 10.4. The monoisotopic (exact) mass is 976 g/mol. The molecule has 0 unspecified atom stereocenters. The topological polar surface area (TPSA) is 215 Å². The maximum absolute atomic E-state index is 10.4. The molecule has 0 radical (unpaired) electrons. The molecule has 0 aliphatic heterocycles. The molecule has 6 aromatic rings. The van der Waals surface area contributed by atoms with E-state index in [0.717, 1.165) is 33.9 Å². The number of benzene rings is 2. The first-order valence-electron chi connectivity index (χ1n) is 15.7. The molecule has 18 heteroatoms. The summed E-state index contributed by atoms with van der Waals surface area (Å²) >= 11 is 0. The van der Waals surface area contributed by atoms with Crippen molar-refractivity contribution in [1.29, 1.82) is 0 Å². The summed E-state index contributed by atoms with van der Waals surface area (Å²) in [5.41, 5.74) is 4.97. The van der Waals surface area contributed by atoms with E-state index in [1.165, 1.54) is 24.3 Å². The Morgan fingerprint density at radius 3 is 0.821 bits per heavy atom. The Bertz CT molecular complexity index is 2060. The molecule has 4 heterocycles. The summed E-state index contributed by atoms with van der Waals surface area (Å²) in [6, 6.07) is 34.0. The van der Waals surface area contributed by atoms with Gasteiger partial charge in [0.1, 0.15) is 20.2 Å². The van der Waals surface area contributed by atoms with Crippen molar-refractivity contribution in [1.82, 2.24) is 19.9 Å². The second kappa shape index (κ2) is 26.8. The zero-order chi connectivity index (χ0) is 39.1. The van der Waals surface area contributed by atoms with Crippen molar-refractivity contribution in [2.24, 2.45) is 20.4 Å². The predicted octanol–water partition coefficient (Wildman–Crippen LogP) is 5.65. The quantitative estimate of drug-likeness (QED) is 0.0791. The van der Waals surface area contributed by atoms with Gasteiger partial charge in [0.15, 0.2) is 0 Å². The Kier molecular flexibility index (Phi) is 23.4. The molecule has 0 saturated heterocycles. The van der Waals surface area contributed by atoms with Crippen LogP contribution in [0.4, 0.5) is 0 Å². The molecule has 0 aliphatic carbocycles. The van der Waals surface area contributed by atoms with Gasteiger partial charge in [-0.2, -0.15) is 20.4 Å². The standard InChI is InChI=1S/2C12H10N4.2C7H8O3S.2Ag/c2*1-3-7-13-11(5-1)9-15-16-10-12-6-2-4-8-14-12;2*1-6-2-4-7(5-3-6)11(8,9)10;;/h2*1-10H;2*2-5H,1H3,(H,8,9,10);;/q;;;;2*+1/p-2/b2*15-9+,16-10+;;;;. The molecule has 0 aliphatic rings.